The molecule has 1 heterocycles. The number of aliphatic hydroxyl groups excluding tert-OH is 2. The molecule has 1 atom stereocenters. The van der Waals surface area contributed by atoms with Gasteiger partial charge >= 0.3 is 0 Å². The van der Waals surface area contributed by atoms with Gasteiger partial charge in [0.05, 0.1) is 22.2 Å². The number of amidine groups is 1. The van der Waals surface area contributed by atoms with E-state index in [0.29, 0.717) is 20.8 Å². The first-order valence-corrected chi connectivity index (χ1v) is 10.7. The van der Waals surface area contributed by atoms with Crippen LogP contribution in [0, 0.1) is 0 Å². The third kappa shape index (κ3) is 5.43. The average Bonchev–Trinajstić information content (AvgIpc) is 3.01. The third-order valence-electron chi connectivity index (χ3n) is 4.09. The van der Waals surface area contributed by atoms with E-state index >= 15 is 0 Å². The lowest BCUT2D eigenvalue weighted by atomic mass is 10.2. The summed E-state index contributed by atoms with van der Waals surface area (Å²) in [5.41, 5.74) is 1.51. The number of amides is 1. The van der Waals surface area contributed by atoms with E-state index in [2.05, 4.69) is 4.99 Å². The molecule has 1 aliphatic rings. The molecule has 2 aromatic rings. The SMILES string of the molecule is CC(C)/N=C1\S/C(=C\c2ccc(OCC(O)CO)c(Cl)c2)C(=O)N1c1ccccc1. The highest BCUT2D eigenvalue weighted by Crippen LogP contribution is 2.37. The zero-order chi connectivity index (χ0) is 21.7. The Morgan fingerprint density at radius 2 is 1.97 bits per heavy atom. The number of para-hydroxylation sites is 1. The molecule has 8 heteroatoms. The number of carbonyl (C=O) groups excluding carboxylic acids is 1. The van der Waals surface area contributed by atoms with Crippen LogP contribution >= 0.6 is 23.4 Å². The first kappa shape index (κ1) is 22.4. The molecule has 6 nitrogen and oxygen atoms in total. The number of rotatable bonds is 7. The molecule has 3 rings (SSSR count). The van der Waals surface area contributed by atoms with Crippen LogP contribution in [0.25, 0.3) is 6.08 Å². The zero-order valence-electron chi connectivity index (χ0n) is 16.7. The number of carbonyl (C=O) groups is 1. The first-order chi connectivity index (χ1) is 14.4. The maximum atomic E-state index is 13.1. The molecule has 1 amide bonds. The predicted molar refractivity (Wildman–Crippen MR) is 122 cm³/mol. The van der Waals surface area contributed by atoms with Crippen molar-refractivity contribution in [3.05, 3.63) is 64.0 Å². The van der Waals surface area contributed by atoms with Gasteiger partial charge in [0, 0.05) is 6.04 Å². The fourth-order valence-electron chi connectivity index (χ4n) is 2.70. The van der Waals surface area contributed by atoms with E-state index in [-0.39, 0.29) is 25.2 Å². The minimum Gasteiger partial charge on any atom is -0.489 e. The summed E-state index contributed by atoms with van der Waals surface area (Å²) in [7, 11) is 0. The topological polar surface area (TPSA) is 82.4 Å². The van der Waals surface area contributed by atoms with E-state index in [1.165, 1.54) is 11.8 Å². The summed E-state index contributed by atoms with van der Waals surface area (Å²) in [6, 6.07) is 14.6. The Kier molecular flexibility index (Phi) is 7.55. The van der Waals surface area contributed by atoms with Gasteiger partial charge in [0.15, 0.2) is 5.17 Å². The van der Waals surface area contributed by atoms with Crippen molar-refractivity contribution in [3.8, 4) is 5.75 Å². The minimum absolute atomic E-state index is 0.0472. The summed E-state index contributed by atoms with van der Waals surface area (Å²) in [6.07, 6.45) is 0.794. The summed E-state index contributed by atoms with van der Waals surface area (Å²) < 4.78 is 5.41. The van der Waals surface area contributed by atoms with Gasteiger partial charge in [-0.05, 0) is 61.5 Å². The van der Waals surface area contributed by atoms with Crippen molar-refractivity contribution in [2.24, 2.45) is 4.99 Å². The monoisotopic (exact) mass is 446 g/mol. The molecule has 2 aromatic carbocycles. The second-order valence-electron chi connectivity index (χ2n) is 6.93. The van der Waals surface area contributed by atoms with Crippen LogP contribution in [-0.2, 0) is 4.79 Å². The van der Waals surface area contributed by atoms with Crippen molar-refractivity contribution in [2.75, 3.05) is 18.1 Å². The Hall–Kier alpha value is -2.32. The maximum absolute atomic E-state index is 13.1. The van der Waals surface area contributed by atoms with E-state index in [1.807, 2.05) is 44.2 Å². The molecule has 0 spiro atoms. The molecular formula is C22H23ClN2O4S. The van der Waals surface area contributed by atoms with Crippen LogP contribution in [0.4, 0.5) is 5.69 Å². The van der Waals surface area contributed by atoms with Crippen LogP contribution in [-0.4, -0.2) is 46.6 Å². The van der Waals surface area contributed by atoms with Crippen LogP contribution in [0.3, 0.4) is 0 Å². The molecule has 158 valence electrons. The molecule has 2 N–H and O–H groups in total. The number of hydrogen-bond acceptors (Lipinski definition) is 6. The predicted octanol–water partition coefficient (Wildman–Crippen LogP) is 3.96. The van der Waals surface area contributed by atoms with Crippen LogP contribution in [0.2, 0.25) is 5.02 Å². The zero-order valence-corrected chi connectivity index (χ0v) is 18.2. The fourth-order valence-corrected chi connectivity index (χ4v) is 4.06. The lowest BCUT2D eigenvalue weighted by Gasteiger charge is -2.16. The Morgan fingerprint density at radius 3 is 2.60 bits per heavy atom. The van der Waals surface area contributed by atoms with Gasteiger partial charge in [0.2, 0.25) is 0 Å². The Bertz CT molecular complexity index is 963. The summed E-state index contributed by atoms with van der Waals surface area (Å²) in [5, 5.41) is 19.3. The van der Waals surface area contributed by atoms with Crippen LogP contribution in [0.1, 0.15) is 19.4 Å². The molecule has 0 radical (unpaired) electrons. The molecule has 1 unspecified atom stereocenters. The molecule has 1 fully saturated rings. The second kappa shape index (κ2) is 10.1. The van der Waals surface area contributed by atoms with Crippen molar-refractivity contribution >= 4 is 46.2 Å². The van der Waals surface area contributed by atoms with Gasteiger partial charge in [-0.2, -0.15) is 0 Å². The number of hydrogen-bond donors (Lipinski definition) is 2. The quantitative estimate of drug-likeness (QED) is 0.629. The summed E-state index contributed by atoms with van der Waals surface area (Å²) in [5.74, 6) is 0.248. The van der Waals surface area contributed by atoms with Gasteiger partial charge < -0.3 is 14.9 Å². The normalized spacial score (nSPS) is 17.9. The number of thioether (sulfide) groups is 1. The number of ether oxygens (including phenoxy) is 1. The van der Waals surface area contributed by atoms with E-state index in [0.717, 1.165) is 11.3 Å². The fraction of sp³-hybridized carbons (Fsp3) is 0.273. The van der Waals surface area contributed by atoms with Crippen molar-refractivity contribution in [2.45, 2.75) is 26.0 Å². The van der Waals surface area contributed by atoms with Crippen molar-refractivity contribution < 1.29 is 19.7 Å². The van der Waals surface area contributed by atoms with Crippen LogP contribution in [0.5, 0.6) is 5.75 Å². The van der Waals surface area contributed by atoms with Gasteiger partial charge in [-0.25, -0.2) is 0 Å². The van der Waals surface area contributed by atoms with E-state index in [1.54, 1.807) is 29.2 Å². The number of nitrogens with zero attached hydrogens (tertiary/aromatic N) is 2. The maximum Gasteiger partial charge on any atom is 0.271 e. The number of aliphatic imine (C=N–C) groups is 1. The lowest BCUT2D eigenvalue weighted by molar-refractivity contribution is -0.113. The van der Waals surface area contributed by atoms with Crippen molar-refractivity contribution in [1.29, 1.82) is 0 Å². The number of halogens is 1. The van der Waals surface area contributed by atoms with Gasteiger partial charge in [-0.1, -0.05) is 35.9 Å². The van der Waals surface area contributed by atoms with E-state index in [9.17, 15) is 9.90 Å². The van der Waals surface area contributed by atoms with Gasteiger partial charge in [0.25, 0.3) is 5.91 Å². The largest absolute Gasteiger partial charge is 0.489 e. The number of anilines is 1. The Morgan fingerprint density at radius 1 is 1.23 bits per heavy atom. The Balaban J connectivity index is 1.86. The molecule has 0 saturated carbocycles. The smallest absolute Gasteiger partial charge is 0.271 e. The molecule has 1 aliphatic heterocycles. The minimum atomic E-state index is -0.974. The highest BCUT2D eigenvalue weighted by molar-refractivity contribution is 8.19. The molecular weight excluding hydrogens is 424 g/mol. The highest BCUT2D eigenvalue weighted by atomic mass is 35.5. The van der Waals surface area contributed by atoms with Crippen molar-refractivity contribution in [3.63, 3.8) is 0 Å². The molecule has 0 aliphatic carbocycles. The third-order valence-corrected chi connectivity index (χ3v) is 5.36. The van der Waals surface area contributed by atoms with Crippen molar-refractivity contribution in [1.82, 2.24) is 0 Å². The molecule has 0 aromatic heterocycles. The van der Waals surface area contributed by atoms with Crippen LogP contribution < -0.4 is 9.64 Å². The summed E-state index contributed by atoms with van der Waals surface area (Å²) in [4.78, 5) is 19.9. The molecule has 1 saturated heterocycles. The Labute approximate surface area is 184 Å². The molecule has 0 bridgehead atoms. The number of aliphatic hydroxyl groups is 2. The number of benzene rings is 2. The van der Waals surface area contributed by atoms with Gasteiger partial charge in [-0.3, -0.25) is 14.7 Å². The van der Waals surface area contributed by atoms with E-state index < -0.39 is 6.10 Å². The summed E-state index contributed by atoms with van der Waals surface area (Å²) in [6.45, 7) is 3.48. The average molecular weight is 447 g/mol. The summed E-state index contributed by atoms with van der Waals surface area (Å²) >= 11 is 7.60. The first-order valence-electron chi connectivity index (χ1n) is 9.47. The van der Waals surface area contributed by atoms with Gasteiger partial charge in [0.1, 0.15) is 18.5 Å². The standard InChI is InChI=1S/C22H23ClN2O4S/c1-14(2)24-22-25(16-6-4-3-5-7-16)21(28)20(30-22)11-15-8-9-19(18(23)10-15)29-13-17(27)12-26/h3-11,14,17,26-27H,12-13H2,1-2H3/b20-11-,24-22-. The van der Waals surface area contributed by atoms with Crippen LogP contribution in [0.15, 0.2) is 58.4 Å². The molecule has 30 heavy (non-hydrogen) atoms. The van der Waals surface area contributed by atoms with E-state index in [4.69, 9.17) is 21.4 Å². The lowest BCUT2D eigenvalue weighted by Crippen LogP contribution is -2.29. The van der Waals surface area contributed by atoms with Gasteiger partial charge in [-0.15, -0.1) is 0 Å². The highest BCUT2D eigenvalue weighted by Gasteiger charge is 2.34. The second-order valence-corrected chi connectivity index (χ2v) is 8.35.